The SMILES string of the molecule is FC(F)(F)c1ccc(Oc2ccc(NS)cc2)cc1. The van der Waals surface area contributed by atoms with Crippen LogP contribution in [-0.2, 0) is 6.18 Å². The summed E-state index contributed by atoms with van der Waals surface area (Å²) in [5.74, 6) is 0.881. The van der Waals surface area contributed by atoms with Crippen LogP contribution in [0.2, 0.25) is 0 Å². The third kappa shape index (κ3) is 3.57. The Morgan fingerprint density at radius 3 is 1.74 bits per heavy atom. The Bertz CT molecular complexity index is 537. The van der Waals surface area contributed by atoms with Crippen LogP contribution < -0.4 is 9.46 Å². The van der Waals surface area contributed by atoms with Gasteiger partial charge in [0.25, 0.3) is 0 Å². The molecule has 2 aromatic rings. The van der Waals surface area contributed by atoms with Gasteiger partial charge in [-0.1, -0.05) is 12.8 Å². The Kier molecular flexibility index (Phi) is 3.90. The van der Waals surface area contributed by atoms with Gasteiger partial charge in [0, 0.05) is 5.69 Å². The number of nitrogens with one attached hydrogen (secondary N) is 1. The minimum atomic E-state index is -4.33. The van der Waals surface area contributed by atoms with E-state index in [-0.39, 0.29) is 0 Å². The molecule has 0 fully saturated rings. The van der Waals surface area contributed by atoms with E-state index in [1.807, 2.05) is 0 Å². The summed E-state index contributed by atoms with van der Waals surface area (Å²) in [6, 6.07) is 11.4. The molecule has 19 heavy (non-hydrogen) atoms. The number of hydrogen-bond donors (Lipinski definition) is 2. The van der Waals surface area contributed by atoms with Gasteiger partial charge in [0.2, 0.25) is 0 Å². The molecule has 1 N–H and O–H groups in total. The predicted octanol–water partition coefficient (Wildman–Crippen LogP) is 4.75. The van der Waals surface area contributed by atoms with E-state index < -0.39 is 11.7 Å². The number of halogens is 3. The van der Waals surface area contributed by atoms with Crippen LogP contribution in [0.3, 0.4) is 0 Å². The topological polar surface area (TPSA) is 21.3 Å². The van der Waals surface area contributed by atoms with Crippen LogP contribution >= 0.6 is 12.8 Å². The summed E-state index contributed by atoms with van der Waals surface area (Å²) >= 11 is 3.88. The number of thiol groups is 1. The Balaban J connectivity index is 2.10. The molecule has 0 saturated carbocycles. The zero-order chi connectivity index (χ0) is 13.9. The molecule has 0 heterocycles. The van der Waals surface area contributed by atoms with Gasteiger partial charge < -0.3 is 9.46 Å². The molecule has 100 valence electrons. The maximum Gasteiger partial charge on any atom is 0.416 e. The lowest BCUT2D eigenvalue weighted by Crippen LogP contribution is -2.03. The van der Waals surface area contributed by atoms with Gasteiger partial charge in [0.15, 0.2) is 0 Å². The fraction of sp³-hybridized carbons (Fsp3) is 0.0769. The van der Waals surface area contributed by atoms with E-state index in [0.717, 1.165) is 17.8 Å². The molecule has 0 aliphatic heterocycles. The molecule has 0 aliphatic rings. The van der Waals surface area contributed by atoms with E-state index in [1.54, 1.807) is 24.3 Å². The second-order valence-electron chi connectivity index (χ2n) is 3.76. The van der Waals surface area contributed by atoms with Crippen molar-refractivity contribution in [3.63, 3.8) is 0 Å². The lowest BCUT2D eigenvalue weighted by atomic mass is 10.2. The first kappa shape index (κ1) is 13.6. The molecule has 0 amide bonds. The summed E-state index contributed by atoms with van der Waals surface area (Å²) in [6.45, 7) is 0. The van der Waals surface area contributed by atoms with E-state index in [4.69, 9.17) is 4.74 Å². The number of rotatable bonds is 3. The Labute approximate surface area is 113 Å². The quantitative estimate of drug-likeness (QED) is 0.794. The fourth-order valence-electron chi connectivity index (χ4n) is 1.45. The van der Waals surface area contributed by atoms with Crippen molar-refractivity contribution in [2.45, 2.75) is 6.18 Å². The van der Waals surface area contributed by atoms with Gasteiger partial charge in [-0.15, -0.1) is 0 Å². The van der Waals surface area contributed by atoms with E-state index in [0.29, 0.717) is 11.5 Å². The summed E-state index contributed by atoms with van der Waals surface area (Å²) in [7, 11) is 0. The second kappa shape index (κ2) is 5.44. The average molecular weight is 285 g/mol. The third-order valence-electron chi connectivity index (χ3n) is 2.40. The first-order chi connectivity index (χ1) is 8.99. The highest BCUT2D eigenvalue weighted by Gasteiger charge is 2.29. The number of benzene rings is 2. The predicted molar refractivity (Wildman–Crippen MR) is 70.6 cm³/mol. The number of alkyl halides is 3. The summed E-state index contributed by atoms with van der Waals surface area (Å²) in [5.41, 5.74) is 0.0950. The molecule has 0 radical (unpaired) electrons. The van der Waals surface area contributed by atoms with Gasteiger partial charge in [-0.25, -0.2) is 0 Å². The number of ether oxygens (including phenoxy) is 1. The Morgan fingerprint density at radius 1 is 0.842 bits per heavy atom. The summed E-state index contributed by atoms with van der Waals surface area (Å²) < 4.78 is 45.2. The zero-order valence-electron chi connectivity index (χ0n) is 9.61. The van der Waals surface area contributed by atoms with Crippen LogP contribution in [0.5, 0.6) is 11.5 Å². The summed E-state index contributed by atoms with van der Waals surface area (Å²) in [5, 5.41) is 0. The van der Waals surface area contributed by atoms with Crippen molar-refractivity contribution in [1.29, 1.82) is 0 Å². The van der Waals surface area contributed by atoms with Gasteiger partial charge in [0.05, 0.1) is 5.56 Å². The van der Waals surface area contributed by atoms with Crippen molar-refractivity contribution < 1.29 is 17.9 Å². The van der Waals surface area contributed by atoms with Crippen LogP contribution in [0.15, 0.2) is 48.5 Å². The maximum absolute atomic E-state index is 12.4. The average Bonchev–Trinajstić information content (AvgIpc) is 2.39. The maximum atomic E-state index is 12.4. The monoisotopic (exact) mass is 285 g/mol. The third-order valence-corrected chi connectivity index (χ3v) is 2.66. The zero-order valence-corrected chi connectivity index (χ0v) is 10.5. The summed E-state index contributed by atoms with van der Waals surface area (Å²) in [4.78, 5) is 0. The highest BCUT2D eigenvalue weighted by atomic mass is 32.1. The smallest absolute Gasteiger partial charge is 0.416 e. The Morgan fingerprint density at radius 2 is 1.32 bits per heavy atom. The number of anilines is 1. The fourth-order valence-corrected chi connectivity index (χ4v) is 1.59. The molecule has 0 unspecified atom stereocenters. The molecule has 0 spiro atoms. The Hall–Kier alpha value is -1.82. The molecule has 2 rings (SSSR count). The largest absolute Gasteiger partial charge is 0.457 e. The molecule has 0 aliphatic carbocycles. The van der Waals surface area contributed by atoms with Crippen molar-refractivity contribution in [1.82, 2.24) is 0 Å². The van der Waals surface area contributed by atoms with Gasteiger partial charge in [-0.05, 0) is 48.5 Å². The van der Waals surface area contributed by atoms with Crippen molar-refractivity contribution in [3.05, 3.63) is 54.1 Å². The molecule has 0 bridgehead atoms. The van der Waals surface area contributed by atoms with E-state index in [9.17, 15) is 13.2 Å². The molecule has 0 saturated heterocycles. The van der Waals surface area contributed by atoms with Crippen molar-refractivity contribution in [3.8, 4) is 11.5 Å². The molecule has 0 aromatic heterocycles. The first-order valence-corrected chi connectivity index (χ1v) is 5.79. The van der Waals surface area contributed by atoms with Gasteiger partial charge in [-0.3, -0.25) is 0 Å². The standard InChI is InChI=1S/C13H10F3NOS/c14-13(15,16)9-1-5-11(6-2-9)18-12-7-3-10(17-19)4-8-12/h1-8,17,19H. The van der Waals surface area contributed by atoms with Crippen molar-refractivity contribution in [2.75, 3.05) is 4.72 Å². The van der Waals surface area contributed by atoms with Crippen LogP contribution in [0.25, 0.3) is 0 Å². The van der Waals surface area contributed by atoms with Gasteiger partial charge >= 0.3 is 6.18 Å². The highest BCUT2D eigenvalue weighted by molar-refractivity contribution is 7.81. The molecule has 2 aromatic carbocycles. The number of hydrogen-bond acceptors (Lipinski definition) is 3. The van der Waals surface area contributed by atoms with E-state index in [2.05, 4.69) is 17.5 Å². The molecule has 6 heteroatoms. The first-order valence-electron chi connectivity index (χ1n) is 5.34. The lowest BCUT2D eigenvalue weighted by Gasteiger charge is -2.09. The van der Waals surface area contributed by atoms with Gasteiger partial charge in [-0.2, -0.15) is 13.2 Å². The van der Waals surface area contributed by atoms with E-state index in [1.165, 1.54) is 12.1 Å². The molecule has 2 nitrogen and oxygen atoms in total. The van der Waals surface area contributed by atoms with Crippen LogP contribution in [-0.4, -0.2) is 0 Å². The van der Waals surface area contributed by atoms with Gasteiger partial charge in [0.1, 0.15) is 11.5 Å². The molecular formula is C13H10F3NOS. The molecular weight excluding hydrogens is 275 g/mol. The second-order valence-corrected chi connectivity index (χ2v) is 3.98. The van der Waals surface area contributed by atoms with Crippen molar-refractivity contribution in [2.24, 2.45) is 0 Å². The minimum Gasteiger partial charge on any atom is -0.457 e. The van der Waals surface area contributed by atoms with E-state index >= 15 is 0 Å². The van der Waals surface area contributed by atoms with Crippen LogP contribution in [0.1, 0.15) is 5.56 Å². The highest BCUT2D eigenvalue weighted by Crippen LogP contribution is 2.31. The minimum absolute atomic E-state index is 0.347. The normalized spacial score (nSPS) is 11.2. The molecule has 0 atom stereocenters. The van der Waals surface area contributed by atoms with Crippen LogP contribution in [0.4, 0.5) is 18.9 Å². The lowest BCUT2D eigenvalue weighted by molar-refractivity contribution is -0.137. The van der Waals surface area contributed by atoms with Crippen molar-refractivity contribution >= 4 is 18.5 Å². The van der Waals surface area contributed by atoms with Crippen LogP contribution in [0, 0.1) is 0 Å². The summed E-state index contributed by atoms with van der Waals surface area (Å²) in [6.07, 6.45) is -4.33.